The fourth-order valence-electron chi connectivity index (χ4n) is 3.19. The van der Waals surface area contributed by atoms with Crippen molar-refractivity contribution in [2.75, 3.05) is 14.8 Å². The predicted molar refractivity (Wildman–Crippen MR) is 140 cm³/mol. The molecule has 0 unspecified atom stereocenters. The first-order valence-electron chi connectivity index (χ1n) is 10.5. The molecule has 0 radical (unpaired) electrons. The molecule has 4 aromatic carbocycles. The number of anilines is 3. The van der Waals surface area contributed by atoms with E-state index in [9.17, 15) is 21.6 Å². The lowest BCUT2D eigenvalue weighted by atomic mass is 10.2. The third-order valence-corrected chi connectivity index (χ3v) is 7.98. The van der Waals surface area contributed by atoms with Gasteiger partial charge < -0.3 is 5.32 Å². The van der Waals surface area contributed by atoms with Crippen LogP contribution in [0.15, 0.2) is 113 Å². The molecule has 0 aliphatic heterocycles. The summed E-state index contributed by atoms with van der Waals surface area (Å²) in [5.74, 6) is -0.444. The molecule has 0 fully saturated rings. The zero-order valence-corrected chi connectivity index (χ0v) is 20.9. The number of carbonyl (C=O) groups excluding carboxylic acids is 1. The van der Waals surface area contributed by atoms with Gasteiger partial charge in [-0.3, -0.25) is 14.2 Å². The number of hydrogen-bond acceptors (Lipinski definition) is 5. The molecule has 0 aliphatic rings. The van der Waals surface area contributed by atoms with Crippen LogP contribution in [0.4, 0.5) is 17.1 Å². The molecule has 184 valence electrons. The molecule has 36 heavy (non-hydrogen) atoms. The van der Waals surface area contributed by atoms with Gasteiger partial charge in [-0.05, 0) is 78.9 Å². The Morgan fingerprint density at radius 3 is 1.75 bits per heavy atom. The maximum Gasteiger partial charge on any atom is 0.261 e. The lowest BCUT2D eigenvalue weighted by molar-refractivity contribution is 0.102. The molecule has 8 nitrogen and oxygen atoms in total. The highest BCUT2D eigenvalue weighted by atomic mass is 35.5. The van der Waals surface area contributed by atoms with Crippen molar-refractivity contribution in [1.82, 2.24) is 0 Å². The number of halogens is 1. The van der Waals surface area contributed by atoms with E-state index in [0.717, 1.165) is 0 Å². The van der Waals surface area contributed by atoms with Crippen molar-refractivity contribution in [3.05, 3.63) is 114 Å². The standard InChI is InChI=1S/C25H20ClN3O5S2/c26-19-5-4-6-22(17-19)29-36(33,34)24-15-13-20(14-16-24)27-25(30)18-9-11-21(12-10-18)28-35(31,32)23-7-2-1-3-8-23/h1-17,28-29H,(H,27,30). The zero-order chi connectivity index (χ0) is 25.8. The van der Waals surface area contributed by atoms with Crippen LogP contribution in [0.25, 0.3) is 0 Å². The summed E-state index contributed by atoms with van der Waals surface area (Å²) in [6, 6.07) is 25.8. The molecule has 0 aliphatic carbocycles. The number of amides is 1. The Balaban J connectivity index is 1.40. The van der Waals surface area contributed by atoms with E-state index >= 15 is 0 Å². The summed E-state index contributed by atoms with van der Waals surface area (Å²) in [5.41, 5.74) is 1.30. The van der Waals surface area contributed by atoms with Crippen LogP contribution >= 0.6 is 11.6 Å². The maximum atomic E-state index is 12.6. The Morgan fingerprint density at radius 2 is 1.14 bits per heavy atom. The van der Waals surface area contributed by atoms with E-state index in [0.29, 0.717) is 22.1 Å². The van der Waals surface area contributed by atoms with E-state index in [1.54, 1.807) is 36.4 Å². The van der Waals surface area contributed by atoms with Gasteiger partial charge in [-0.1, -0.05) is 35.9 Å². The zero-order valence-electron chi connectivity index (χ0n) is 18.6. The molecule has 4 rings (SSSR count). The van der Waals surface area contributed by atoms with Crippen molar-refractivity contribution in [3.63, 3.8) is 0 Å². The number of benzene rings is 4. The third-order valence-electron chi connectivity index (χ3n) is 4.95. The first-order chi connectivity index (χ1) is 17.1. The Bertz CT molecular complexity index is 1590. The predicted octanol–water partition coefficient (Wildman–Crippen LogP) is 5.19. The minimum absolute atomic E-state index is 0.00975. The topological polar surface area (TPSA) is 121 Å². The average molecular weight is 542 g/mol. The van der Waals surface area contributed by atoms with Crippen LogP contribution in [0.2, 0.25) is 5.02 Å². The third kappa shape index (κ3) is 6.22. The highest BCUT2D eigenvalue weighted by Crippen LogP contribution is 2.22. The minimum atomic E-state index is -3.84. The summed E-state index contributed by atoms with van der Waals surface area (Å²) < 4.78 is 55.0. The van der Waals surface area contributed by atoms with Crippen molar-refractivity contribution in [1.29, 1.82) is 0 Å². The number of nitrogens with one attached hydrogen (secondary N) is 3. The molecule has 0 heterocycles. The minimum Gasteiger partial charge on any atom is -0.322 e. The second-order valence-electron chi connectivity index (χ2n) is 7.59. The molecule has 1 amide bonds. The van der Waals surface area contributed by atoms with Crippen molar-refractivity contribution >= 4 is 54.6 Å². The fourth-order valence-corrected chi connectivity index (χ4v) is 5.51. The van der Waals surface area contributed by atoms with Gasteiger partial charge in [-0.15, -0.1) is 0 Å². The maximum absolute atomic E-state index is 12.6. The van der Waals surface area contributed by atoms with Gasteiger partial charge in [0.25, 0.3) is 26.0 Å². The van der Waals surface area contributed by atoms with Gasteiger partial charge in [0.2, 0.25) is 0 Å². The van der Waals surface area contributed by atoms with Crippen LogP contribution in [0.3, 0.4) is 0 Å². The second-order valence-corrected chi connectivity index (χ2v) is 11.4. The van der Waals surface area contributed by atoms with E-state index in [2.05, 4.69) is 14.8 Å². The van der Waals surface area contributed by atoms with Gasteiger partial charge >= 0.3 is 0 Å². The lowest BCUT2D eigenvalue weighted by Gasteiger charge is -2.10. The Labute approximate surface area is 214 Å². The molecule has 4 aromatic rings. The fraction of sp³-hybridized carbons (Fsp3) is 0. The van der Waals surface area contributed by atoms with Gasteiger partial charge in [-0.25, -0.2) is 16.8 Å². The summed E-state index contributed by atoms with van der Waals surface area (Å²) in [6.07, 6.45) is 0. The highest BCUT2D eigenvalue weighted by Gasteiger charge is 2.16. The number of carbonyl (C=O) groups is 1. The Kier molecular flexibility index (Phi) is 7.30. The molecule has 0 atom stereocenters. The van der Waals surface area contributed by atoms with Crippen molar-refractivity contribution < 1.29 is 21.6 Å². The molecular formula is C25H20ClN3O5S2. The van der Waals surface area contributed by atoms with E-state index in [-0.39, 0.29) is 15.4 Å². The SMILES string of the molecule is O=C(Nc1ccc(S(=O)(=O)Nc2cccc(Cl)c2)cc1)c1ccc(NS(=O)(=O)c2ccccc2)cc1. The van der Waals surface area contributed by atoms with Gasteiger partial charge in [0.15, 0.2) is 0 Å². The van der Waals surface area contributed by atoms with Gasteiger partial charge in [0, 0.05) is 22.0 Å². The quantitative estimate of drug-likeness (QED) is 0.283. The Hall–Kier alpha value is -3.86. The van der Waals surface area contributed by atoms with Crippen LogP contribution in [0.1, 0.15) is 10.4 Å². The lowest BCUT2D eigenvalue weighted by Crippen LogP contribution is -2.15. The summed E-state index contributed by atoms with van der Waals surface area (Å²) >= 11 is 5.90. The van der Waals surface area contributed by atoms with Crippen molar-refractivity contribution in [2.45, 2.75) is 9.79 Å². The van der Waals surface area contributed by atoms with Crippen LogP contribution < -0.4 is 14.8 Å². The molecule has 3 N–H and O–H groups in total. The first-order valence-corrected chi connectivity index (χ1v) is 13.8. The molecule has 11 heteroatoms. The summed E-state index contributed by atoms with van der Waals surface area (Å²) in [7, 11) is -7.59. The summed E-state index contributed by atoms with van der Waals surface area (Å²) in [5, 5.41) is 3.08. The van der Waals surface area contributed by atoms with Gasteiger partial charge in [0.05, 0.1) is 15.5 Å². The van der Waals surface area contributed by atoms with Crippen molar-refractivity contribution in [3.8, 4) is 0 Å². The van der Waals surface area contributed by atoms with E-state index in [4.69, 9.17) is 11.6 Å². The molecule has 0 spiro atoms. The molecule has 0 bridgehead atoms. The smallest absolute Gasteiger partial charge is 0.261 e. The summed E-state index contributed by atoms with van der Waals surface area (Å²) in [6.45, 7) is 0. The van der Waals surface area contributed by atoms with Gasteiger partial charge in [0.1, 0.15) is 0 Å². The molecular weight excluding hydrogens is 522 g/mol. The second kappa shape index (κ2) is 10.4. The number of sulfonamides is 2. The molecule has 0 saturated carbocycles. The summed E-state index contributed by atoms with van der Waals surface area (Å²) in [4.78, 5) is 12.7. The van der Waals surface area contributed by atoms with E-state index in [1.807, 2.05) is 0 Å². The monoisotopic (exact) mass is 541 g/mol. The number of hydrogen-bond donors (Lipinski definition) is 3. The van der Waals surface area contributed by atoms with Crippen molar-refractivity contribution in [2.24, 2.45) is 0 Å². The first kappa shape index (κ1) is 25.2. The van der Waals surface area contributed by atoms with Crippen LogP contribution in [-0.4, -0.2) is 22.7 Å². The van der Waals surface area contributed by atoms with Crippen LogP contribution in [0.5, 0.6) is 0 Å². The molecule has 0 aromatic heterocycles. The Morgan fingerprint density at radius 1 is 0.583 bits per heavy atom. The van der Waals surface area contributed by atoms with Crippen LogP contribution in [0, 0.1) is 0 Å². The van der Waals surface area contributed by atoms with E-state index in [1.165, 1.54) is 66.7 Å². The average Bonchev–Trinajstić information content (AvgIpc) is 2.85. The van der Waals surface area contributed by atoms with Crippen LogP contribution in [-0.2, 0) is 20.0 Å². The van der Waals surface area contributed by atoms with Gasteiger partial charge in [-0.2, -0.15) is 0 Å². The normalized spacial score (nSPS) is 11.5. The largest absolute Gasteiger partial charge is 0.322 e. The number of rotatable bonds is 8. The van der Waals surface area contributed by atoms with E-state index < -0.39 is 26.0 Å². The highest BCUT2D eigenvalue weighted by molar-refractivity contribution is 7.93. The molecule has 0 saturated heterocycles.